The molecule has 0 aliphatic carbocycles. The summed E-state index contributed by atoms with van der Waals surface area (Å²) >= 11 is 0. The zero-order valence-corrected chi connectivity index (χ0v) is 10.5. The maximum atomic E-state index is 5.76. The lowest BCUT2D eigenvalue weighted by molar-refractivity contribution is 0.0709. The van der Waals surface area contributed by atoms with Gasteiger partial charge in [-0.05, 0) is 27.2 Å². The van der Waals surface area contributed by atoms with Gasteiger partial charge in [-0.15, -0.1) is 6.32 Å². The van der Waals surface area contributed by atoms with Crippen molar-refractivity contribution in [2.45, 2.75) is 39.7 Å². The van der Waals surface area contributed by atoms with Gasteiger partial charge in [-0.2, -0.15) is 0 Å². The molecule has 0 saturated carbocycles. The molecule has 0 bridgehead atoms. The minimum Gasteiger partial charge on any atom is -0.374 e. The lowest BCUT2D eigenvalue weighted by Crippen LogP contribution is -2.45. The van der Waals surface area contributed by atoms with Gasteiger partial charge in [-0.25, -0.2) is 0 Å². The number of unbranched alkanes of at least 4 members (excludes halogenated alkanes) is 1. The van der Waals surface area contributed by atoms with Crippen molar-refractivity contribution in [3.05, 3.63) is 6.32 Å². The third-order valence-corrected chi connectivity index (χ3v) is 4.93. The highest BCUT2D eigenvalue weighted by Crippen LogP contribution is 2.19. The second-order valence-corrected chi connectivity index (χ2v) is 5.61. The van der Waals surface area contributed by atoms with Crippen LogP contribution in [-0.4, -0.2) is 36.5 Å². The van der Waals surface area contributed by atoms with Crippen LogP contribution in [0, 0.1) is 6.32 Å². The van der Waals surface area contributed by atoms with Crippen molar-refractivity contribution < 1.29 is 13.3 Å². The van der Waals surface area contributed by atoms with E-state index in [2.05, 4.69) is 6.32 Å². The van der Waals surface area contributed by atoms with Gasteiger partial charge in [0.2, 0.25) is 0 Å². The van der Waals surface area contributed by atoms with Gasteiger partial charge in [-0.1, -0.05) is 0 Å². The first-order valence-corrected chi connectivity index (χ1v) is 7.29. The van der Waals surface area contributed by atoms with E-state index in [-0.39, 0.29) is 0 Å². The minimum absolute atomic E-state index is 0.438. The van der Waals surface area contributed by atoms with E-state index in [1.807, 2.05) is 20.8 Å². The second-order valence-electron chi connectivity index (χ2n) is 2.87. The van der Waals surface area contributed by atoms with Crippen molar-refractivity contribution in [1.29, 1.82) is 0 Å². The van der Waals surface area contributed by atoms with Gasteiger partial charge >= 0.3 is 8.80 Å². The predicted octanol–water partition coefficient (Wildman–Crippen LogP) is 1.34. The van der Waals surface area contributed by atoms with Crippen LogP contribution in [-0.2, 0) is 13.3 Å². The molecule has 0 fully saturated rings. The molecule has 0 rings (SSSR count). The first-order valence-electron chi connectivity index (χ1n) is 5.36. The summed E-state index contributed by atoms with van der Waals surface area (Å²) in [4.78, 5) is 0. The summed E-state index contributed by atoms with van der Waals surface area (Å²) in [6, 6.07) is 0.963. The van der Waals surface area contributed by atoms with E-state index < -0.39 is 8.80 Å². The highest BCUT2D eigenvalue weighted by atomic mass is 28.4. The van der Waals surface area contributed by atoms with E-state index in [4.69, 9.17) is 13.3 Å². The summed E-state index contributed by atoms with van der Waals surface area (Å²) in [6.07, 6.45) is 4.78. The van der Waals surface area contributed by atoms with Crippen molar-refractivity contribution >= 4 is 16.7 Å². The first-order chi connectivity index (χ1) is 7.24. The third-order valence-electron chi connectivity index (χ3n) is 1.78. The maximum absolute atomic E-state index is 5.76. The fourth-order valence-corrected chi connectivity index (χ4v) is 3.96. The fourth-order valence-electron chi connectivity index (χ4n) is 1.32. The maximum Gasteiger partial charge on any atom is 0.501 e. The van der Waals surface area contributed by atoms with Crippen LogP contribution in [0.2, 0.25) is 6.04 Å². The molecule has 0 saturated heterocycles. The van der Waals surface area contributed by atoms with Crippen LogP contribution in [0.4, 0.5) is 0 Å². The zero-order chi connectivity index (χ0) is 11.6. The second kappa shape index (κ2) is 9.27. The molecule has 5 heteroatoms. The van der Waals surface area contributed by atoms with Crippen molar-refractivity contribution in [3.63, 3.8) is 0 Å². The minimum atomic E-state index is -2.32. The van der Waals surface area contributed by atoms with Gasteiger partial charge in [-0.3, -0.25) is 0 Å². The Bertz CT molecular complexity index is 130. The average molecular weight is 232 g/mol. The van der Waals surface area contributed by atoms with Gasteiger partial charge in [0.05, 0.1) is 0 Å². The van der Waals surface area contributed by atoms with Crippen molar-refractivity contribution in [2.75, 3.05) is 19.8 Å². The lowest BCUT2D eigenvalue weighted by Gasteiger charge is -2.28. The van der Waals surface area contributed by atoms with E-state index in [9.17, 15) is 0 Å². The van der Waals surface area contributed by atoms with E-state index in [0.717, 1.165) is 12.5 Å². The molecule has 0 N–H and O–H groups in total. The molecule has 0 radical (unpaired) electrons. The normalized spacial score (nSPS) is 11.7. The molecule has 0 aromatic rings. The highest BCUT2D eigenvalue weighted by molar-refractivity contribution is 6.60. The van der Waals surface area contributed by atoms with Crippen LogP contribution in [0.3, 0.4) is 0 Å². The highest BCUT2D eigenvalue weighted by Gasteiger charge is 2.39. The van der Waals surface area contributed by atoms with Crippen LogP contribution in [0.25, 0.3) is 0 Å². The largest absolute Gasteiger partial charge is 0.501 e. The van der Waals surface area contributed by atoms with Crippen molar-refractivity contribution in [2.24, 2.45) is 0 Å². The summed E-state index contributed by atoms with van der Waals surface area (Å²) in [7, 11) is -1.89. The Morgan fingerprint density at radius 1 is 1.00 bits per heavy atom. The Kier molecular flexibility index (Phi) is 9.29. The zero-order valence-electron chi connectivity index (χ0n) is 9.54. The summed E-state index contributed by atoms with van der Waals surface area (Å²) in [5.41, 5.74) is 0. The molecule has 15 heavy (non-hydrogen) atoms. The predicted molar refractivity (Wildman–Crippen MR) is 68.9 cm³/mol. The summed E-state index contributed by atoms with van der Waals surface area (Å²) in [5, 5.41) is 0. The van der Waals surface area contributed by atoms with E-state index >= 15 is 0 Å². The third kappa shape index (κ3) is 6.25. The molecule has 0 atom stereocenters. The van der Waals surface area contributed by atoms with E-state index in [1.165, 1.54) is 6.42 Å². The van der Waals surface area contributed by atoms with Gasteiger partial charge in [0.25, 0.3) is 0 Å². The van der Waals surface area contributed by atoms with Gasteiger partial charge in [0, 0.05) is 32.3 Å². The molecule has 0 aliphatic rings. The fraction of sp³-hybridized carbons (Fsp3) is 0.900. The first kappa shape index (κ1) is 15.0. The Morgan fingerprint density at radius 2 is 1.47 bits per heavy atom. The van der Waals surface area contributed by atoms with Crippen molar-refractivity contribution in [3.8, 4) is 0 Å². The molecule has 3 nitrogen and oxygen atoms in total. The molecule has 0 amide bonds. The van der Waals surface area contributed by atoms with Crippen molar-refractivity contribution in [1.82, 2.24) is 0 Å². The van der Waals surface area contributed by atoms with Gasteiger partial charge in [0.15, 0.2) is 7.85 Å². The SMILES string of the molecule is [BH3-][CH+]CCC[Si](OCC)(OCC)OCC. The summed E-state index contributed by atoms with van der Waals surface area (Å²) < 4.78 is 17.3. The molecule has 0 aliphatic heterocycles. The smallest absolute Gasteiger partial charge is 0.374 e. The molecule has 0 spiro atoms. The molecule has 90 valence electrons. The number of hydrogen-bond donors (Lipinski definition) is 0. The van der Waals surface area contributed by atoms with E-state index in [0.29, 0.717) is 27.7 Å². The molecule has 0 aromatic carbocycles. The molecule has 0 heterocycles. The Morgan fingerprint density at radius 3 is 1.80 bits per heavy atom. The molecule has 0 unspecified atom stereocenters. The van der Waals surface area contributed by atoms with Crippen LogP contribution in [0.1, 0.15) is 33.6 Å². The number of hydrogen-bond acceptors (Lipinski definition) is 3. The Hall–Kier alpha value is 0.0318. The summed E-state index contributed by atoms with van der Waals surface area (Å²) in [6.45, 7) is 8.07. The van der Waals surface area contributed by atoms with E-state index in [1.54, 1.807) is 0 Å². The van der Waals surface area contributed by atoms with Crippen LogP contribution >= 0.6 is 0 Å². The summed E-state index contributed by atoms with van der Waals surface area (Å²) in [5.74, 6) is 0. The Labute approximate surface area is 96.3 Å². The quantitative estimate of drug-likeness (QED) is 0.323. The monoisotopic (exact) mass is 232 g/mol. The van der Waals surface area contributed by atoms with Gasteiger partial charge in [0.1, 0.15) is 0 Å². The van der Waals surface area contributed by atoms with Crippen LogP contribution in [0.5, 0.6) is 0 Å². The van der Waals surface area contributed by atoms with Crippen LogP contribution < -0.4 is 0 Å². The molecular weight excluding hydrogens is 207 g/mol. The Balaban J connectivity index is 4.18. The van der Waals surface area contributed by atoms with Crippen LogP contribution in [0.15, 0.2) is 0 Å². The molecular formula is C10H25BO3Si. The standard InChI is InChI=1S/C10H25BO3Si/c1-4-12-15(13-5-2,14-6-3)10-8-7-9-11/h9H,4-8,10H2,1-3,11H3. The average Bonchev–Trinajstić information content (AvgIpc) is 2.19. The lowest BCUT2D eigenvalue weighted by atomic mass is 10.0. The topological polar surface area (TPSA) is 27.7 Å². The number of rotatable bonds is 10. The molecule has 0 aromatic heterocycles. The van der Waals surface area contributed by atoms with Gasteiger partial charge < -0.3 is 13.3 Å².